The minimum absolute atomic E-state index is 0.0625. The Balaban J connectivity index is 4.01. The second-order valence-corrected chi connectivity index (χ2v) is 4.78. The number of hydrogen-bond acceptors (Lipinski definition) is 2. The molecule has 0 heterocycles. The van der Waals surface area contributed by atoms with Crippen LogP contribution in [0.3, 0.4) is 0 Å². The fourth-order valence-corrected chi connectivity index (χ4v) is 1.72. The van der Waals surface area contributed by atoms with E-state index in [-0.39, 0.29) is 11.8 Å². The van der Waals surface area contributed by atoms with Gasteiger partial charge in [-0.1, -0.05) is 26.7 Å². The van der Waals surface area contributed by atoms with Gasteiger partial charge in [0.05, 0.1) is 0 Å². The molecule has 0 bridgehead atoms. The van der Waals surface area contributed by atoms with Gasteiger partial charge in [-0.3, -0.25) is 9.59 Å². The number of unbranched alkanes of at least 4 members (excludes halogenated alkanes) is 2. The van der Waals surface area contributed by atoms with Crippen molar-refractivity contribution in [3.8, 4) is 0 Å². The lowest BCUT2D eigenvalue weighted by Gasteiger charge is -2.22. The quantitative estimate of drug-likeness (QED) is 0.635. The average molecular weight is 256 g/mol. The summed E-state index contributed by atoms with van der Waals surface area (Å²) >= 11 is 0. The predicted molar refractivity (Wildman–Crippen MR) is 74.3 cm³/mol. The molecule has 0 spiro atoms. The first-order valence-corrected chi connectivity index (χ1v) is 7.02. The Bertz CT molecular complexity index is 254. The minimum atomic E-state index is 0.0625. The summed E-state index contributed by atoms with van der Waals surface area (Å²) in [5, 5.41) is 0. The smallest absolute Gasteiger partial charge is 0.224 e. The van der Waals surface area contributed by atoms with E-state index in [0.29, 0.717) is 13.0 Å². The van der Waals surface area contributed by atoms with Gasteiger partial charge >= 0.3 is 0 Å². The van der Waals surface area contributed by atoms with Gasteiger partial charge in [0.1, 0.15) is 0 Å². The molecule has 0 saturated heterocycles. The van der Waals surface area contributed by atoms with Gasteiger partial charge in [0, 0.05) is 40.0 Å². The molecule has 0 aromatic rings. The Kier molecular flexibility index (Phi) is 9.33. The Hall–Kier alpha value is -1.06. The molecule has 0 aliphatic rings. The lowest BCUT2D eigenvalue weighted by Crippen LogP contribution is -2.35. The summed E-state index contributed by atoms with van der Waals surface area (Å²) in [7, 11) is 1.84. The number of amides is 2. The standard InChI is InChI=1S/C14H28N2O2/c1-5-7-10-15(4)14(18)9-12-16(13(3)17)11-8-6-2/h5-12H2,1-4H3. The lowest BCUT2D eigenvalue weighted by atomic mass is 10.2. The van der Waals surface area contributed by atoms with Gasteiger partial charge in [-0.05, 0) is 12.8 Å². The van der Waals surface area contributed by atoms with Crippen LogP contribution in [0.2, 0.25) is 0 Å². The zero-order chi connectivity index (χ0) is 14.0. The van der Waals surface area contributed by atoms with E-state index in [1.807, 2.05) is 7.05 Å². The summed E-state index contributed by atoms with van der Waals surface area (Å²) in [6, 6.07) is 0. The lowest BCUT2D eigenvalue weighted by molar-refractivity contribution is -0.132. The molecular formula is C14H28N2O2. The monoisotopic (exact) mass is 256 g/mol. The summed E-state index contributed by atoms with van der Waals surface area (Å²) in [6.07, 6.45) is 4.62. The van der Waals surface area contributed by atoms with Gasteiger partial charge < -0.3 is 9.80 Å². The average Bonchev–Trinajstić information content (AvgIpc) is 2.35. The van der Waals surface area contributed by atoms with Gasteiger partial charge in [0.25, 0.3) is 0 Å². The second kappa shape index (κ2) is 9.92. The van der Waals surface area contributed by atoms with Gasteiger partial charge in [-0.15, -0.1) is 0 Å². The van der Waals surface area contributed by atoms with Crippen molar-refractivity contribution >= 4 is 11.8 Å². The highest BCUT2D eigenvalue weighted by molar-refractivity contribution is 5.77. The zero-order valence-electron chi connectivity index (χ0n) is 12.4. The Labute approximate surface area is 111 Å². The summed E-state index contributed by atoms with van der Waals surface area (Å²) in [5.74, 6) is 0.193. The fourth-order valence-electron chi connectivity index (χ4n) is 1.72. The highest BCUT2D eigenvalue weighted by atomic mass is 16.2. The van der Waals surface area contributed by atoms with Crippen LogP contribution < -0.4 is 0 Å². The van der Waals surface area contributed by atoms with Gasteiger partial charge in [-0.25, -0.2) is 0 Å². The third kappa shape index (κ3) is 7.30. The van der Waals surface area contributed by atoms with Crippen LogP contribution in [0.15, 0.2) is 0 Å². The van der Waals surface area contributed by atoms with Crippen molar-refractivity contribution in [2.24, 2.45) is 0 Å². The maximum atomic E-state index is 11.8. The first kappa shape index (κ1) is 16.9. The number of rotatable bonds is 9. The summed E-state index contributed by atoms with van der Waals surface area (Å²) < 4.78 is 0. The van der Waals surface area contributed by atoms with Crippen LogP contribution in [0.1, 0.15) is 52.9 Å². The van der Waals surface area contributed by atoms with Gasteiger partial charge in [-0.2, -0.15) is 0 Å². The van der Waals surface area contributed by atoms with Gasteiger partial charge in [0.2, 0.25) is 11.8 Å². The van der Waals surface area contributed by atoms with Crippen molar-refractivity contribution in [3.05, 3.63) is 0 Å². The molecule has 0 radical (unpaired) electrons. The normalized spacial score (nSPS) is 10.2. The largest absolute Gasteiger partial charge is 0.346 e. The second-order valence-electron chi connectivity index (χ2n) is 4.78. The molecule has 0 aromatic heterocycles. The van der Waals surface area contributed by atoms with Crippen LogP contribution in [0, 0.1) is 0 Å². The Morgan fingerprint density at radius 3 is 2.00 bits per heavy atom. The molecule has 0 fully saturated rings. The van der Waals surface area contributed by atoms with E-state index in [0.717, 1.165) is 38.8 Å². The molecule has 0 aliphatic heterocycles. The molecule has 18 heavy (non-hydrogen) atoms. The van der Waals surface area contributed by atoms with Crippen molar-refractivity contribution < 1.29 is 9.59 Å². The van der Waals surface area contributed by atoms with E-state index in [1.54, 1.807) is 16.7 Å². The van der Waals surface area contributed by atoms with E-state index < -0.39 is 0 Å². The minimum Gasteiger partial charge on any atom is -0.346 e. The molecule has 0 aromatic carbocycles. The summed E-state index contributed by atoms with van der Waals surface area (Å²) in [4.78, 5) is 26.8. The van der Waals surface area contributed by atoms with Crippen LogP contribution in [0.5, 0.6) is 0 Å². The molecule has 0 N–H and O–H groups in total. The van der Waals surface area contributed by atoms with E-state index in [2.05, 4.69) is 13.8 Å². The molecule has 0 unspecified atom stereocenters. The van der Waals surface area contributed by atoms with E-state index >= 15 is 0 Å². The molecule has 0 aliphatic carbocycles. The predicted octanol–water partition coefficient (Wildman–Crippen LogP) is 2.28. The van der Waals surface area contributed by atoms with Gasteiger partial charge in [0.15, 0.2) is 0 Å². The summed E-state index contributed by atoms with van der Waals surface area (Å²) in [5.41, 5.74) is 0. The molecule has 2 amide bonds. The molecular weight excluding hydrogens is 228 g/mol. The fraction of sp³-hybridized carbons (Fsp3) is 0.857. The molecule has 0 rings (SSSR count). The first-order chi connectivity index (χ1) is 8.52. The van der Waals surface area contributed by atoms with E-state index in [4.69, 9.17) is 0 Å². The van der Waals surface area contributed by atoms with Crippen molar-refractivity contribution in [2.45, 2.75) is 52.9 Å². The van der Waals surface area contributed by atoms with Crippen LogP contribution in [-0.2, 0) is 9.59 Å². The Morgan fingerprint density at radius 1 is 0.944 bits per heavy atom. The number of hydrogen-bond donors (Lipinski definition) is 0. The maximum absolute atomic E-state index is 11.8. The Morgan fingerprint density at radius 2 is 1.50 bits per heavy atom. The molecule has 4 nitrogen and oxygen atoms in total. The highest BCUT2D eigenvalue weighted by Crippen LogP contribution is 2.01. The van der Waals surface area contributed by atoms with Crippen molar-refractivity contribution in [3.63, 3.8) is 0 Å². The molecule has 0 saturated carbocycles. The summed E-state index contributed by atoms with van der Waals surface area (Å²) in [6.45, 7) is 7.90. The first-order valence-electron chi connectivity index (χ1n) is 7.02. The number of nitrogens with zero attached hydrogens (tertiary/aromatic N) is 2. The van der Waals surface area contributed by atoms with Crippen LogP contribution >= 0.6 is 0 Å². The van der Waals surface area contributed by atoms with E-state index in [9.17, 15) is 9.59 Å². The van der Waals surface area contributed by atoms with Crippen molar-refractivity contribution in [1.29, 1.82) is 0 Å². The maximum Gasteiger partial charge on any atom is 0.224 e. The third-order valence-electron chi connectivity index (χ3n) is 3.10. The SMILES string of the molecule is CCCCN(C)C(=O)CCN(CCCC)C(C)=O. The molecule has 106 valence electrons. The van der Waals surface area contributed by atoms with Crippen LogP contribution in [0.4, 0.5) is 0 Å². The highest BCUT2D eigenvalue weighted by Gasteiger charge is 2.13. The van der Waals surface area contributed by atoms with E-state index in [1.165, 1.54) is 0 Å². The van der Waals surface area contributed by atoms with Crippen molar-refractivity contribution in [1.82, 2.24) is 9.80 Å². The number of carbonyl (C=O) groups is 2. The van der Waals surface area contributed by atoms with Crippen LogP contribution in [0.25, 0.3) is 0 Å². The molecule has 0 atom stereocenters. The zero-order valence-corrected chi connectivity index (χ0v) is 12.4. The third-order valence-corrected chi connectivity index (χ3v) is 3.10. The number of carbonyl (C=O) groups excluding carboxylic acids is 2. The molecule has 4 heteroatoms. The topological polar surface area (TPSA) is 40.6 Å². The van der Waals surface area contributed by atoms with Crippen LogP contribution in [-0.4, -0.2) is 48.3 Å². The van der Waals surface area contributed by atoms with Crippen molar-refractivity contribution in [2.75, 3.05) is 26.7 Å².